The van der Waals surface area contributed by atoms with Crippen molar-refractivity contribution < 1.29 is 0 Å². The molecule has 4 nitrogen and oxygen atoms in total. The summed E-state index contributed by atoms with van der Waals surface area (Å²) in [7, 11) is 0. The quantitative estimate of drug-likeness (QED) is 0.269. The fraction of sp³-hybridized carbons (Fsp3) is 0. The monoisotopic (exact) mass is 462 g/mol. The molecule has 170 valence electrons. The average Bonchev–Trinajstić information content (AvgIpc) is 3.57. The van der Waals surface area contributed by atoms with Crippen LogP contribution in [0.5, 0.6) is 0 Å². The van der Waals surface area contributed by atoms with Crippen LogP contribution in [0.3, 0.4) is 0 Å². The maximum atomic E-state index is 4.56. The van der Waals surface area contributed by atoms with Gasteiger partial charge in [-0.05, 0) is 41.5 Å². The van der Waals surface area contributed by atoms with Crippen molar-refractivity contribution in [3.8, 4) is 33.9 Å². The summed E-state index contributed by atoms with van der Waals surface area (Å²) >= 11 is 0. The smallest absolute Gasteiger partial charge is 0.168 e. The van der Waals surface area contributed by atoms with Gasteiger partial charge in [-0.25, -0.2) is 0 Å². The topological polar surface area (TPSA) is 35.6 Å². The standard InChI is InChI=1S/C32H22N4/c1-3-11-23(12-4-1)24-13-9-14-25(21-24)32-34-33-22-35(32)30-20-10-18-28-27-17-7-8-19-29(27)36(31(28)30)26-15-5-2-6-16-26/h1-22H. The van der Waals surface area contributed by atoms with Gasteiger partial charge < -0.3 is 4.57 Å². The Kier molecular flexibility index (Phi) is 4.74. The Morgan fingerprint density at radius 3 is 2.06 bits per heavy atom. The molecular formula is C32H22N4. The Morgan fingerprint density at radius 1 is 0.528 bits per heavy atom. The molecule has 4 heteroatoms. The number of hydrogen-bond acceptors (Lipinski definition) is 2. The third-order valence-electron chi connectivity index (χ3n) is 6.72. The lowest BCUT2D eigenvalue weighted by atomic mass is 10.0. The van der Waals surface area contributed by atoms with Crippen LogP contribution in [0.4, 0.5) is 0 Å². The van der Waals surface area contributed by atoms with Crippen LogP contribution in [-0.2, 0) is 0 Å². The molecule has 0 fully saturated rings. The molecule has 36 heavy (non-hydrogen) atoms. The number of para-hydroxylation sites is 3. The molecule has 2 heterocycles. The van der Waals surface area contributed by atoms with E-state index < -0.39 is 0 Å². The van der Waals surface area contributed by atoms with Gasteiger partial charge in [0, 0.05) is 22.0 Å². The molecular weight excluding hydrogens is 440 g/mol. The first-order chi connectivity index (χ1) is 17.9. The number of benzene rings is 5. The van der Waals surface area contributed by atoms with Crippen LogP contribution in [0.25, 0.3) is 55.7 Å². The van der Waals surface area contributed by atoms with E-state index >= 15 is 0 Å². The molecule has 0 saturated heterocycles. The van der Waals surface area contributed by atoms with Crippen LogP contribution < -0.4 is 0 Å². The zero-order valence-corrected chi connectivity index (χ0v) is 19.5. The number of hydrogen-bond donors (Lipinski definition) is 0. The fourth-order valence-electron chi connectivity index (χ4n) is 5.12. The summed E-state index contributed by atoms with van der Waals surface area (Å²) in [6, 6.07) is 44.5. The molecule has 0 saturated carbocycles. The second-order valence-electron chi connectivity index (χ2n) is 8.83. The summed E-state index contributed by atoms with van der Waals surface area (Å²) in [5, 5.41) is 11.3. The average molecular weight is 463 g/mol. The maximum absolute atomic E-state index is 4.56. The minimum absolute atomic E-state index is 0.810. The summed E-state index contributed by atoms with van der Waals surface area (Å²) in [4.78, 5) is 0. The Labute approximate surface area is 208 Å². The van der Waals surface area contributed by atoms with Crippen LogP contribution in [0.15, 0.2) is 134 Å². The van der Waals surface area contributed by atoms with E-state index in [1.165, 1.54) is 21.9 Å². The Morgan fingerprint density at radius 2 is 1.19 bits per heavy atom. The first-order valence-corrected chi connectivity index (χ1v) is 12.0. The Hall–Kier alpha value is -4.96. The molecule has 5 aromatic carbocycles. The molecule has 7 rings (SSSR count). The maximum Gasteiger partial charge on any atom is 0.168 e. The van der Waals surface area contributed by atoms with Crippen molar-refractivity contribution in [3.05, 3.63) is 134 Å². The van der Waals surface area contributed by atoms with Crippen molar-refractivity contribution in [2.24, 2.45) is 0 Å². The molecule has 0 aliphatic carbocycles. The second-order valence-corrected chi connectivity index (χ2v) is 8.83. The highest BCUT2D eigenvalue weighted by Gasteiger charge is 2.18. The van der Waals surface area contributed by atoms with Crippen molar-refractivity contribution in [2.45, 2.75) is 0 Å². The lowest BCUT2D eigenvalue weighted by molar-refractivity contribution is 1.05. The number of fused-ring (bicyclic) bond motifs is 3. The van der Waals surface area contributed by atoms with Gasteiger partial charge in [-0.1, -0.05) is 97.1 Å². The minimum Gasteiger partial charge on any atom is -0.307 e. The largest absolute Gasteiger partial charge is 0.307 e. The van der Waals surface area contributed by atoms with Crippen molar-refractivity contribution >= 4 is 21.8 Å². The predicted octanol–water partition coefficient (Wildman–Crippen LogP) is 7.70. The molecule has 2 aromatic heterocycles. The van der Waals surface area contributed by atoms with Crippen molar-refractivity contribution in [2.75, 3.05) is 0 Å². The molecule has 0 N–H and O–H groups in total. The minimum atomic E-state index is 0.810. The van der Waals surface area contributed by atoms with E-state index in [1.807, 2.05) is 12.4 Å². The van der Waals surface area contributed by atoms with Crippen LogP contribution in [0.2, 0.25) is 0 Å². The number of rotatable bonds is 4. The lowest BCUT2D eigenvalue weighted by Crippen LogP contribution is -2.01. The third-order valence-corrected chi connectivity index (χ3v) is 6.72. The summed E-state index contributed by atoms with van der Waals surface area (Å²) in [6.07, 6.45) is 1.81. The molecule has 0 aliphatic heterocycles. The highest BCUT2D eigenvalue weighted by atomic mass is 15.3. The van der Waals surface area contributed by atoms with Crippen LogP contribution in [0, 0.1) is 0 Å². The third kappa shape index (κ3) is 3.23. The molecule has 0 aliphatic rings. The van der Waals surface area contributed by atoms with Gasteiger partial charge in [-0.2, -0.15) is 0 Å². The van der Waals surface area contributed by atoms with Gasteiger partial charge in [0.05, 0.1) is 16.7 Å². The van der Waals surface area contributed by atoms with Crippen LogP contribution in [-0.4, -0.2) is 19.3 Å². The van der Waals surface area contributed by atoms with Crippen molar-refractivity contribution in [3.63, 3.8) is 0 Å². The van der Waals surface area contributed by atoms with E-state index in [-0.39, 0.29) is 0 Å². The predicted molar refractivity (Wildman–Crippen MR) is 147 cm³/mol. The van der Waals surface area contributed by atoms with Gasteiger partial charge in [0.2, 0.25) is 0 Å². The SMILES string of the molecule is c1ccc(-c2cccc(-c3nncn3-c3cccc4c5ccccc5n(-c5ccccc5)c34)c2)cc1. The van der Waals surface area contributed by atoms with Crippen LogP contribution in [0.1, 0.15) is 0 Å². The summed E-state index contributed by atoms with van der Waals surface area (Å²) in [5.74, 6) is 0.810. The van der Waals surface area contributed by atoms with Crippen LogP contribution >= 0.6 is 0 Å². The second kappa shape index (κ2) is 8.36. The van der Waals surface area contributed by atoms with E-state index in [9.17, 15) is 0 Å². The Bertz CT molecular complexity index is 1830. The molecule has 0 unspecified atom stereocenters. The van der Waals surface area contributed by atoms with Gasteiger partial charge in [0.1, 0.15) is 6.33 Å². The van der Waals surface area contributed by atoms with Gasteiger partial charge in [-0.15, -0.1) is 10.2 Å². The molecule has 0 amide bonds. The van der Waals surface area contributed by atoms with E-state index in [2.05, 4.69) is 141 Å². The molecule has 0 radical (unpaired) electrons. The molecule has 0 atom stereocenters. The molecule has 0 bridgehead atoms. The van der Waals surface area contributed by atoms with Gasteiger partial charge in [-0.3, -0.25) is 4.57 Å². The summed E-state index contributed by atoms with van der Waals surface area (Å²) in [6.45, 7) is 0. The van der Waals surface area contributed by atoms with Gasteiger partial charge in [0.25, 0.3) is 0 Å². The zero-order valence-electron chi connectivity index (χ0n) is 19.5. The first-order valence-electron chi connectivity index (χ1n) is 12.0. The van der Waals surface area contributed by atoms with E-state index in [1.54, 1.807) is 0 Å². The highest BCUT2D eigenvalue weighted by Crippen LogP contribution is 2.36. The zero-order chi connectivity index (χ0) is 23.9. The number of nitrogens with zero attached hydrogens (tertiary/aromatic N) is 4. The van der Waals surface area contributed by atoms with E-state index in [0.717, 1.165) is 33.8 Å². The molecule has 7 aromatic rings. The van der Waals surface area contributed by atoms with Gasteiger partial charge >= 0.3 is 0 Å². The first kappa shape index (κ1) is 20.4. The number of aromatic nitrogens is 4. The van der Waals surface area contributed by atoms with Crippen molar-refractivity contribution in [1.82, 2.24) is 19.3 Å². The highest BCUT2D eigenvalue weighted by molar-refractivity contribution is 6.12. The van der Waals surface area contributed by atoms with E-state index in [4.69, 9.17) is 0 Å². The normalized spacial score (nSPS) is 11.3. The van der Waals surface area contributed by atoms with Gasteiger partial charge in [0.15, 0.2) is 5.82 Å². The summed E-state index contributed by atoms with van der Waals surface area (Å²) < 4.78 is 4.44. The summed E-state index contributed by atoms with van der Waals surface area (Å²) in [5.41, 5.74) is 7.82. The fourth-order valence-corrected chi connectivity index (χ4v) is 5.12. The lowest BCUT2D eigenvalue weighted by Gasteiger charge is -2.13. The molecule has 0 spiro atoms. The van der Waals surface area contributed by atoms with Crippen molar-refractivity contribution in [1.29, 1.82) is 0 Å². The Balaban J connectivity index is 1.49. The van der Waals surface area contributed by atoms with E-state index in [0.29, 0.717) is 0 Å².